The fourth-order valence-corrected chi connectivity index (χ4v) is 1.41. The van der Waals surface area contributed by atoms with E-state index in [9.17, 15) is 0 Å². The van der Waals surface area contributed by atoms with Gasteiger partial charge in [0.15, 0.2) is 0 Å². The molecular formula is C11H21N2+. The van der Waals surface area contributed by atoms with Crippen LogP contribution in [-0.2, 0) is 6.54 Å². The Morgan fingerprint density at radius 3 is 2.54 bits per heavy atom. The van der Waals surface area contributed by atoms with Crippen molar-refractivity contribution in [3.05, 3.63) is 18.7 Å². The molecule has 1 rings (SSSR count). The van der Waals surface area contributed by atoms with E-state index in [1.54, 1.807) is 0 Å². The molecule has 0 spiro atoms. The molecule has 1 heterocycles. The predicted octanol–water partition coefficient (Wildman–Crippen LogP) is 2.40. The minimum absolute atomic E-state index is 0.619. The first kappa shape index (κ1) is 10.3. The average molecular weight is 181 g/mol. The first-order valence-corrected chi connectivity index (χ1v) is 5.20. The largest absolute Gasteiger partial charge is 0.243 e. The molecule has 13 heavy (non-hydrogen) atoms. The van der Waals surface area contributed by atoms with Gasteiger partial charge in [-0.15, -0.1) is 0 Å². The molecule has 1 aromatic rings. The number of imidazole rings is 1. The molecule has 0 aromatic carbocycles. The number of nitrogens with zero attached hydrogens (tertiary/aromatic N) is 2. The number of rotatable bonds is 4. The Kier molecular flexibility index (Phi) is 3.52. The highest BCUT2D eigenvalue weighted by Crippen LogP contribution is 2.07. The number of hydrogen-bond donors (Lipinski definition) is 0. The van der Waals surface area contributed by atoms with Gasteiger partial charge in [-0.05, 0) is 19.3 Å². The van der Waals surface area contributed by atoms with Crippen LogP contribution in [0.15, 0.2) is 18.7 Å². The van der Waals surface area contributed by atoms with Crippen molar-refractivity contribution in [2.75, 3.05) is 0 Å². The fraction of sp³-hybridized carbons (Fsp3) is 0.727. The van der Waals surface area contributed by atoms with Gasteiger partial charge >= 0.3 is 0 Å². The van der Waals surface area contributed by atoms with Crippen LogP contribution in [0.4, 0.5) is 0 Å². The molecule has 0 N–H and O–H groups in total. The van der Waals surface area contributed by atoms with Gasteiger partial charge in [0.1, 0.15) is 12.4 Å². The van der Waals surface area contributed by atoms with Crippen molar-refractivity contribution >= 4 is 0 Å². The van der Waals surface area contributed by atoms with Crippen LogP contribution >= 0.6 is 0 Å². The first-order chi connectivity index (χ1) is 6.13. The third-order valence-corrected chi connectivity index (χ3v) is 2.39. The number of aromatic nitrogens is 2. The molecule has 1 aromatic heterocycles. The van der Waals surface area contributed by atoms with Gasteiger partial charge in [0.05, 0.1) is 12.6 Å². The molecule has 0 saturated carbocycles. The standard InChI is InChI=1S/C11H21N2/c1-5-11(4)13-7-6-12(9-13)8-10(2)3/h6-7,9-11H,5,8H2,1-4H3/q+1. The summed E-state index contributed by atoms with van der Waals surface area (Å²) in [5.74, 6) is 0.720. The molecule has 0 amide bonds. The summed E-state index contributed by atoms with van der Waals surface area (Å²) in [7, 11) is 0. The third kappa shape index (κ3) is 2.87. The van der Waals surface area contributed by atoms with Crippen LogP contribution < -0.4 is 4.57 Å². The predicted molar refractivity (Wildman–Crippen MR) is 54.5 cm³/mol. The van der Waals surface area contributed by atoms with E-state index in [2.05, 4.69) is 55.6 Å². The average Bonchev–Trinajstić information content (AvgIpc) is 2.50. The topological polar surface area (TPSA) is 8.81 Å². The summed E-state index contributed by atoms with van der Waals surface area (Å²) in [5.41, 5.74) is 0. The van der Waals surface area contributed by atoms with Gasteiger partial charge in [-0.2, -0.15) is 0 Å². The number of hydrogen-bond acceptors (Lipinski definition) is 0. The molecule has 0 saturated heterocycles. The van der Waals surface area contributed by atoms with Gasteiger partial charge in [-0.1, -0.05) is 20.8 Å². The minimum atomic E-state index is 0.619. The Morgan fingerprint density at radius 1 is 1.31 bits per heavy atom. The molecule has 2 nitrogen and oxygen atoms in total. The van der Waals surface area contributed by atoms with E-state index in [0.717, 1.165) is 12.5 Å². The zero-order chi connectivity index (χ0) is 9.84. The fourth-order valence-electron chi connectivity index (χ4n) is 1.41. The van der Waals surface area contributed by atoms with Crippen LogP contribution in [0.25, 0.3) is 0 Å². The highest BCUT2D eigenvalue weighted by Gasteiger charge is 2.09. The Bertz CT molecular complexity index is 250. The second-order valence-electron chi connectivity index (χ2n) is 4.21. The summed E-state index contributed by atoms with van der Waals surface area (Å²) in [6.45, 7) is 10.1. The summed E-state index contributed by atoms with van der Waals surface area (Å²) in [6.07, 6.45) is 7.72. The summed E-state index contributed by atoms with van der Waals surface area (Å²) in [6, 6.07) is 0.619. The molecule has 0 aliphatic carbocycles. The van der Waals surface area contributed by atoms with Crippen molar-refractivity contribution in [1.82, 2.24) is 4.57 Å². The molecule has 0 aliphatic heterocycles. The van der Waals surface area contributed by atoms with E-state index in [1.807, 2.05) is 0 Å². The molecule has 2 heteroatoms. The Morgan fingerprint density at radius 2 is 2.00 bits per heavy atom. The quantitative estimate of drug-likeness (QED) is 0.631. The molecule has 0 fully saturated rings. The summed E-state index contributed by atoms with van der Waals surface area (Å²) < 4.78 is 4.54. The molecular weight excluding hydrogens is 160 g/mol. The summed E-state index contributed by atoms with van der Waals surface area (Å²) in [4.78, 5) is 0. The summed E-state index contributed by atoms with van der Waals surface area (Å²) in [5, 5.41) is 0. The second-order valence-corrected chi connectivity index (χ2v) is 4.21. The highest BCUT2D eigenvalue weighted by atomic mass is 15.1. The van der Waals surface area contributed by atoms with Gasteiger partial charge < -0.3 is 0 Å². The van der Waals surface area contributed by atoms with E-state index in [4.69, 9.17) is 0 Å². The normalized spacial score (nSPS) is 13.6. The minimum Gasteiger partial charge on any atom is -0.237 e. The van der Waals surface area contributed by atoms with Crippen LogP contribution in [0.5, 0.6) is 0 Å². The molecule has 1 unspecified atom stereocenters. The van der Waals surface area contributed by atoms with Crippen LogP contribution in [0, 0.1) is 5.92 Å². The van der Waals surface area contributed by atoms with Crippen molar-refractivity contribution in [1.29, 1.82) is 0 Å². The Hall–Kier alpha value is -0.790. The Balaban J connectivity index is 2.63. The van der Waals surface area contributed by atoms with E-state index in [0.29, 0.717) is 6.04 Å². The first-order valence-electron chi connectivity index (χ1n) is 5.20. The van der Waals surface area contributed by atoms with Crippen LogP contribution in [0.2, 0.25) is 0 Å². The lowest BCUT2D eigenvalue weighted by molar-refractivity contribution is -0.701. The third-order valence-electron chi connectivity index (χ3n) is 2.39. The zero-order valence-electron chi connectivity index (χ0n) is 9.20. The van der Waals surface area contributed by atoms with Crippen LogP contribution in [0.1, 0.15) is 40.2 Å². The monoisotopic (exact) mass is 181 g/mol. The van der Waals surface area contributed by atoms with Gasteiger partial charge in [0, 0.05) is 0 Å². The molecule has 0 aliphatic rings. The van der Waals surface area contributed by atoms with Crippen molar-refractivity contribution in [3.8, 4) is 0 Å². The lowest BCUT2D eigenvalue weighted by Crippen LogP contribution is -2.33. The lowest BCUT2D eigenvalue weighted by atomic mass is 10.2. The van der Waals surface area contributed by atoms with E-state index in [-0.39, 0.29) is 0 Å². The molecule has 0 radical (unpaired) electrons. The molecule has 1 atom stereocenters. The van der Waals surface area contributed by atoms with Gasteiger partial charge in [0.2, 0.25) is 6.33 Å². The maximum absolute atomic E-state index is 2.28. The second kappa shape index (κ2) is 4.45. The van der Waals surface area contributed by atoms with E-state index >= 15 is 0 Å². The zero-order valence-corrected chi connectivity index (χ0v) is 9.20. The highest BCUT2D eigenvalue weighted by molar-refractivity contribution is 4.71. The van der Waals surface area contributed by atoms with Gasteiger partial charge in [-0.25, -0.2) is 9.13 Å². The maximum atomic E-state index is 2.28. The smallest absolute Gasteiger partial charge is 0.237 e. The Labute approximate surface area is 81.2 Å². The van der Waals surface area contributed by atoms with Crippen LogP contribution in [-0.4, -0.2) is 4.57 Å². The summed E-state index contributed by atoms with van der Waals surface area (Å²) >= 11 is 0. The molecule has 74 valence electrons. The maximum Gasteiger partial charge on any atom is 0.243 e. The van der Waals surface area contributed by atoms with Gasteiger partial charge in [0.25, 0.3) is 0 Å². The van der Waals surface area contributed by atoms with Crippen molar-refractivity contribution < 1.29 is 4.57 Å². The van der Waals surface area contributed by atoms with Gasteiger partial charge in [-0.3, -0.25) is 0 Å². The SMILES string of the molecule is CCC(C)n1cc[n+](CC(C)C)c1. The van der Waals surface area contributed by atoms with Crippen molar-refractivity contribution in [2.24, 2.45) is 5.92 Å². The van der Waals surface area contributed by atoms with Crippen molar-refractivity contribution in [3.63, 3.8) is 0 Å². The van der Waals surface area contributed by atoms with E-state index in [1.165, 1.54) is 6.42 Å². The molecule has 0 bridgehead atoms. The van der Waals surface area contributed by atoms with E-state index < -0.39 is 0 Å². The lowest BCUT2D eigenvalue weighted by Gasteiger charge is -2.03. The van der Waals surface area contributed by atoms with Crippen LogP contribution in [0.3, 0.4) is 0 Å². The van der Waals surface area contributed by atoms with Crippen molar-refractivity contribution in [2.45, 2.75) is 46.7 Å².